The fraction of sp³-hybridized carbons (Fsp3) is 0.846. The summed E-state index contributed by atoms with van der Waals surface area (Å²) in [6.45, 7) is 2.91. The molecule has 0 aromatic heterocycles. The molecule has 2 saturated heterocycles. The van der Waals surface area contributed by atoms with Gasteiger partial charge in [-0.15, -0.1) is 0 Å². The lowest BCUT2D eigenvalue weighted by molar-refractivity contribution is -0.132. The monoisotopic (exact) mass is 269 g/mol. The topological polar surface area (TPSA) is 84.7 Å². The average Bonchev–Trinajstić information content (AvgIpc) is 2.86. The molecule has 2 fully saturated rings. The Bertz CT molecular complexity index is 329. The van der Waals surface area contributed by atoms with Crippen LogP contribution in [0.3, 0.4) is 0 Å². The third-order valence-electron chi connectivity index (χ3n) is 3.81. The highest BCUT2D eigenvalue weighted by atomic mass is 16.5. The van der Waals surface area contributed by atoms with Gasteiger partial charge in [-0.25, -0.2) is 0 Å². The molecule has 2 amide bonds. The second-order valence-electron chi connectivity index (χ2n) is 5.29. The number of hydrogen-bond donors (Lipinski definition) is 2. The number of nitrogens with two attached hydrogens (primary N) is 1. The summed E-state index contributed by atoms with van der Waals surface area (Å²) in [7, 11) is 0. The van der Waals surface area contributed by atoms with Crippen molar-refractivity contribution < 1.29 is 14.3 Å². The summed E-state index contributed by atoms with van der Waals surface area (Å²) in [5, 5.41) is 2.78. The summed E-state index contributed by atoms with van der Waals surface area (Å²) in [5.41, 5.74) is 5.77. The van der Waals surface area contributed by atoms with Crippen molar-refractivity contribution in [3.8, 4) is 0 Å². The zero-order valence-corrected chi connectivity index (χ0v) is 11.3. The second-order valence-corrected chi connectivity index (χ2v) is 5.29. The van der Waals surface area contributed by atoms with Crippen molar-refractivity contribution in [2.45, 2.75) is 31.7 Å². The van der Waals surface area contributed by atoms with Crippen LogP contribution in [0.5, 0.6) is 0 Å². The Labute approximate surface area is 113 Å². The quantitative estimate of drug-likeness (QED) is 0.719. The van der Waals surface area contributed by atoms with Crippen LogP contribution in [0.15, 0.2) is 0 Å². The number of carbonyl (C=O) groups excluding carboxylic acids is 2. The van der Waals surface area contributed by atoms with E-state index in [1.807, 2.05) is 4.90 Å². The van der Waals surface area contributed by atoms with E-state index in [9.17, 15) is 9.59 Å². The van der Waals surface area contributed by atoms with Crippen LogP contribution >= 0.6 is 0 Å². The Morgan fingerprint density at radius 2 is 1.95 bits per heavy atom. The van der Waals surface area contributed by atoms with Gasteiger partial charge in [-0.2, -0.15) is 0 Å². The molecule has 2 atom stereocenters. The SMILES string of the molecule is NC1COCC1C(=O)NCCC(=O)N1CCCCC1. The first-order chi connectivity index (χ1) is 9.18. The summed E-state index contributed by atoms with van der Waals surface area (Å²) < 4.78 is 5.15. The molecule has 2 heterocycles. The number of amides is 2. The van der Waals surface area contributed by atoms with Gasteiger partial charge in [0.15, 0.2) is 0 Å². The smallest absolute Gasteiger partial charge is 0.227 e. The lowest BCUT2D eigenvalue weighted by Crippen LogP contribution is -2.42. The molecule has 0 radical (unpaired) electrons. The molecule has 0 aliphatic carbocycles. The Hall–Kier alpha value is -1.14. The molecule has 2 aliphatic rings. The van der Waals surface area contributed by atoms with Gasteiger partial charge in [0.25, 0.3) is 0 Å². The average molecular weight is 269 g/mol. The standard InChI is InChI=1S/C13H23N3O3/c14-11-9-19-8-10(11)13(18)15-5-4-12(17)16-6-2-1-3-7-16/h10-11H,1-9,14H2,(H,15,18). The van der Waals surface area contributed by atoms with Crippen molar-refractivity contribution in [2.24, 2.45) is 11.7 Å². The molecule has 19 heavy (non-hydrogen) atoms. The van der Waals surface area contributed by atoms with Crippen molar-refractivity contribution in [1.82, 2.24) is 10.2 Å². The van der Waals surface area contributed by atoms with Crippen molar-refractivity contribution in [1.29, 1.82) is 0 Å². The summed E-state index contributed by atoms with van der Waals surface area (Å²) in [5.74, 6) is -0.242. The summed E-state index contributed by atoms with van der Waals surface area (Å²) in [6.07, 6.45) is 3.76. The first kappa shape index (κ1) is 14.3. The van der Waals surface area contributed by atoms with Crippen molar-refractivity contribution >= 4 is 11.8 Å². The van der Waals surface area contributed by atoms with E-state index in [4.69, 9.17) is 10.5 Å². The van der Waals surface area contributed by atoms with Crippen LogP contribution in [-0.4, -0.2) is 55.6 Å². The van der Waals surface area contributed by atoms with Crippen molar-refractivity contribution in [3.05, 3.63) is 0 Å². The minimum absolute atomic E-state index is 0.101. The van der Waals surface area contributed by atoms with Gasteiger partial charge in [0.1, 0.15) is 0 Å². The molecular formula is C13H23N3O3. The molecule has 0 saturated carbocycles. The second kappa shape index (κ2) is 6.86. The van der Waals surface area contributed by atoms with Crippen LogP contribution in [0, 0.1) is 5.92 Å². The van der Waals surface area contributed by atoms with E-state index in [-0.39, 0.29) is 23.8 Å². The summed E-state index contributed by atoms with van der Waals surface area (Å²) in [6, 6.07) is -0.224. The van der Waals surface area contributed by atoms with E-state index in [1.165, 1.54) is 6.42 Å². The highest BCUT2D eigenvalue weighted by Gasteiger charge is 2.31. The highest BCUT2D eigenvalue weighted by molar-refractivity contribution is 5.81. The fourth-order valence-corrected chi connectivity index (χ4v) is 2.57. The lowest BCUT2D eigenvalue weighted by Gasteiger charge is -2.26. The van der Waals surface area contributed by atoms with Crippen LogP contribution < -0.4 is 11.1 Å². The first-order valence-corrected chi connectivity index (χ1v) is 7.07. The van der Waals surface area contributed by atoms with Gasteiger partial charge in [0, 0.05) is 32.1 Å². The maximum absolute atomic E-state index is 11.9. The van der Waals surface area contributed by atoms with E-state index < -0.39 is 0 Å². The Kier molecular flexibility index (Phi) is 5.15. The zero-order chi connectivity index (χ0) is 13.7. The fourth-order valence-electron chi connectivity index (χ4n) is 2.57. The van der Waals surface area contributed by atoms with E-state index in [2.05, 4.69) is 5.32 Å². The number of nitrogens with one attached hydrogen (secondary N) is 1. The molecule has 3 N–H and O–H groups in total. The van der Waals surface area contributed by atoms with Crippen LogP contribution in [-0.2, 0) is 14.3 Å². The van der Waals surface area contributed by atoms with E-state index in [1.54, 1.807) is 0 Å². The minimum atomic E-state index is -0.273. The maximum atomic E-state index is 11.9. The van der Waals surface area contributed by atoms with Crippen LogP contribution in [0.4, 0.5) is 0 Å². The molecule has 2 aliphatic heterocycles. The number of carbonyl (C=O) groups is 2. The van der Waals surface area contributed by atoms with Gasteiger partial charge in [0.2, 0.25) is 11.8 Å². The first-order valence-electron chi connectivity index (χ1n) is 7.07. The van der Waals surface area contributed by atoms with Crippen LogP contribution in [0.1, 0.15) is 25.7 Å². The predicted octanol–water partition coefficient (Wildman–Crippen LogP) is -0.521. The van der Waals surface area contributed by atoms with E-state index in [0.29, 0.717) is 26.2 Å². The molecule has 0 aromatic carbocycles. The molecule has 0 spiro atoms. The molecular weight excluding hydrogens is 246 g/mol. The molecule has 6 heteroatoms. The highest BCUT2D eigenvalue weighted by Crippen LogP contribution is 2.12. The zero-order valence-electron chi connectivity index (χ0n) is 11.3. The number of piperidine rings is 1. The van der Waals surface area contributed by atoms with Gasteiger partial charge in [-0.05, 0) is 19.3 Å². The molecule has 2 unspecified atom stereocenters. The molecule has 0 bridgehead atoms. The molecule has 108 valence electrons. The number of ether oxygens (including phenoxy) is 1. The number of likely N-dealkylation sites (tertiary alicyclic amines) is 1. The summed E-state index contributed by atoms with van der Waals surface area (Å²) in [4.78, 5) is 25.6. The Morgan fingerprint density at radius 1 is 1.21 bits per heavy atom. The maximum Gasteiger partial charge on any atom is 0.227 e. The van der Waals surface area contributed by atoms with Crippen molar-refractivity contribution in [3.63, 3.8) is 0 Å². The van der Waals surface area contributed by atoms with Gasteiger partial charge in [0.05, 0.1) is 19.1 Å². The van der Waals surface area contributed by atoms with Gasteiger partial charge >= 0.3 is 0 Å². The lowest BCUT2D eigenvalue weighted by atomic mass is 10.0. The van der Waals surface area contributed by atoms with Crippen LogP contribution in [0.25, 0.3) is 0 Å². The molecule has 0 aromatic rings. The number of hydrogen-bond acceptors (Lipinski definition) is 4. The minimum Gasteiger partial charge on any atom is -0.379 e. The van der Waals surface area contributed by atoms with Gasteiger partial charge in [-0.3, -0.25) is 9.59 Å². The van der Waals surface area contributed by atoms with Gasteiger partial charge < -0.3 is 20.7 Å². The number of rotatable bonds is 4. The van der Waals surface area contributed by atoms with E-state index >= 15 is 0 Å². The van der Waals surface area contributed by atoms with Crippen LogP contribution in [0.2, 0.25) is 0 Å². The molecule has 6 nitrogen and oxygen atoms in total. The predicted molar refractivity (Wildman–Crippen MR) is 70.3 cm³/mol. The number of nitrogens with zero attached hydrogens (tertiary/aromatic N) is 1. The largest absolute Gasteiger partial charge is 0.379 e. The Morgan fingerprint density at radius 3 is 2.58 bits per heavy atom. The third kappa shape index (κ3) is 3.91. The third-order valence-corrected chi connectivity index (χ3v) is 3.81. The van der Waals surface area contributed by atoms with Gasteiger partial charge in [-0.1, -0.05) is 0 Å². The molecule has 2 rings (SSSR count). The summed E-state index contributed by atoms with van der Waals surface area (Å²) >= 11 is 0. The van der Waals surface area contributed by atoms with Crippen molar-refractivity contribution in [2.75, 3.05) is 32.8 Å². The Balaban J connectivity index is 1.65. The van der Waals surface area contributed by atoms with E-state index in [0.717, 1.165) is 25.9 Å². The normalized spacial score (nSPS) is 27.3.